The van der Waals surface area contributed by atoms with E-state index in [4.69, 9.17) is 5.73 Å². The second-order valence-corrected chi connectivity index (χ2v) is 7.55. The smallest absolute Gasteiger partial charge is 0.153 e. The number of nitrogens with zero attached hydrogens (tertiary/aromatic N) is 1. The third kappa shape index (κ3) is 3.49. The monoisotopic (exact) mass is 300 g/mol. The molecule has 1 aliphatic heterocycles. The van der Waals surface area contributed by atoms with Crippen molar-refractivity contribution >= 4 is 15.5 Å². The maximum atomic E-state index is 14.1. The van der Waals surface area contributed by atoms with Crippen molar-refractivity contribution in [2.45, 2.75) is 25.8 Å². The molecule has 4 nitrogen and oxygen atoms in total. The summed E-state index contributed by atoms with van der Waals surface area (Å²) in [7, 11) is -2.93. The number of benzene rings is 1. The van der Waals surface area contributed by atoms with E-state index in [1.54, 1.807) is 6.07 Å². The number of hydrogen-bond acceptors (Lipinski definition) is 4. The van der Waals surface area contributed by atoms with E-state index in [1.807, 2.05) is 17.9 Å². The molecule has 1 fully saturated rings. The molecule has 1 saturated heterocycles. The summed E-state index contributed by atoms with van der Waals surface area (Å²) in [5.41, 5.74) is 7.31. The van der Waals surface area contributed by atoms with Gasteiger partial charge in [-0.2, -0.15) is 0 Å². The highest BCUT2D eigenvalue weighted by Gasteiger charge is 2.24. The lowest BCUT2D eigenvalue weighted by molar-refractivity contribution is 0.573. The van der Waals surface area contributed by atoms with Gasteiger partial charge in [-0.25, -0.2) is 12.8 Å². The van der Waals surface area contributed by atoms with Gasteiger partial charge in [-0.3, -0.25) is 0 Å². The van der Waals surface area contributed by atoms with Crippen LogP contribution in [0.25, 0.3) is 0 Å². The SMILES string of the molecule is CCC(N)Cc1c(F)cccc1N1CCS(=O)(=O)CC1. The molecule has 20 heavy (non-hydrogen) atoms. The van der Waals surface area contributed by atoms with Crippen LogP contribution in [0.4, 0.5) is 10.1 Å². The molecule has 0 saturated carbocycles. The van der Waals surface area contributed by atoms with Crippen LogP contribution in [0.15, 0.2) is 18.2 Å². The molecular formula is C14H21FN2O2S. The molecule has 0 spiro atoms. The zero-order chi connectivity index (χ0) is 14.8. The van der Waals surface area contributed by atoms with E-state index in [2.05, 4.69) is 0 Å². The minimum Gasteiger partial charge on any atom is -0.369 e. The van der Waals surface area contributed by atoms with Crippen LogP contribution in [0.3, 0.4) is 0 Å². The molecule has 1 atom stereocenters. The molecule has 0 bridgehead atoms. The molecule has 0 radical (unpaired) electrons. The number of anilines is 1. The molecule has 112 valence electrons. The van der Waals surface area contributed by atoms with Gasteiger partial charge in [-0.15, -0.1) is 0 Å². The first-order valence-corrected chi connectivity index (χ1v) is 8.73. The van der Waals surface area contributed by atoms with E-state index in [0.29, 0.717) is 25.1 Å². The molecule has 1 unspecified atom stereocenters. The Hall–Kier alpha value is -1.14. The quantitative estimate of drug-likeness (QED) is 0.911. The van der Waals surface area contributed by atoms with Crippen molar-refractivity contribution in [2.75, 3.05) is 29.5 Å². The topological polar surface area (TPSA) is 63.4 Å². The fraction of sp³-hybridized carbons (Fsp3) is 0.571. The number of hydrogen-bond donors (Lipinski definition) is 1. The first-order chi connectivity index (χ1) is 9.43. The molecule has 1 aliphatic rings. The van der Waals surface area contributed by atoms with Crippen LogP contribution in [0.2, 0.25) is 0 Å². The van der Waals surface area contributed by atoms with Gasteiger partial charge in [0.1, 0.15) is 5.82 Å². The van der Waals surface area contributed by atoms with Crippen molar-refractivity contribution in [3.8, 4) is 0 Å². The summed E-state index contributed by atoms with van der Waals surface area (Å²) in [6, 6.07) is 4.86. The highest BCUT2D eigenvalue weighted by Crippen LogP contribution is 2.26. The van der Waals surface area contributed by atoms with Crippen molar-refractivity contribution in [1.82, 2.24) is 0 Å². The Kier molecular flexibility index (Phi) is 4.65. The summed E-state index contributed by atoms with van der Waals surface area (Å²) in [6.07, 6.45) is 1.25. The largest absolute Gasteiger partial charge is 0.369 e. The van der Waals surface area contributed by atoms with Crippen molar-refractivity contribution < 1.29 is 12.8 Å². The fourth-order valence-corrected chi connectivity index (χ4v) is 3.61. The van der Waals surface area contributed by atoms with Crippen LogP contribution in [0.5, 0.6) is 0 Å². The number of sulfone groups is 1. The predicted molar refractivity (Wildman–Crippen MR) is 79.2 cm³/mol. The third-order valence-corrected chi connectivity index (χ3v) is 5.38. The molecule has 2 rings (SSSR count). The van der Waals surface area contributed by atoms with Gasteiger partial charge in [0.05, 0.1) is 11.5 Å². The minimum atomic E-state index is -2.93. The second kappa shape index (κ2) is 6.10. The lowest BCUT2D eigenvalue weighted by atomic mass is 10.0. The Labute approximate surface area is 119 Å². The Morgan fingerprint density at radius 3 is 2.60 bits per heavy atom. The Balaban J connectivity index is 2.25. The minimum absolute atomic E-state index is 0.0841. The number of nitrogens with two attached hydrogens (primary N) is 1. The van der Waals surface area contributed by atoms with Crippen LogP contribution < -0.4 is 10.6 Å². The highest BCUT2D eigenvalue weighted by atomic mass is 32.2. The summed E-state index contributed by atoms with van der Waals surface area (Å²) in [4.78, 5) is 1.95. The van der Waals surface area contributed by atoms with Crippen molar-refractivity contribution in [3.05, 3.63) is 29.6 Å². The van der Waals surface area contributed by atoms with Gasteiger partial charge in [0.2, 0.25) is 0 Å². The second-order valence-electron chi connectivity index (χ2n) is 5.25. The molecular weight excluding hydrogens is 279 g/mol. The number of halogens is 1. The highest BCUT2D eigenvalue weighted by molar-refractivity contribution is 7.91. The van der Waals surface area contributed by atoms with Crippen LogP contribution in [0.1, 0.15) is 18.9 Å². The van der Waals surface area contributed by atoms with Crippen LogP contribution >= 0.6 is 0 Å². The molecule has 0 aliphatic carbocycles. The van der Waals surface area contributed by atoms with Crippen LogP contribution in [0, 0.1) is 5.82 Å². The summed E-state index contributed by atoms with van der Waals surface area (Å²) in [5, 5.41) is 0. The standard InChI is InChI=1S/C14H21FN2O2S/c1-2-11(16)10-12-13(15)4-3-5-14(12)17-6-8-20(18,19)9-7-17/h3-5,11H,2,6-10,16H2,1H3. The Morgan fingerprint density at radius 2 is 2.00 bits per heavy atom. The molecule has 2 N–H and O–H groups in total. The van der Waals surface area contributed by atoms with E-state index in [1.165, 1.54) is 6.07 Å². The van der Waals surface area contributed by atoms with Gasteiger partial charge >= 0.3 is 0 Å². The molecule has 1 aromatic rings. The van der Waals surface area contributed by atoms with Crippen molar-refractivity contribution in [2.24, 2.45) is 5.73 Å². The van der Waals surface area contributed by atoms with Crippen LogP contribution in [-0.2, 0) is 16.3 Å². The average Bonchev–Trinajstić information content (AvgIpc) is 2.41. The number of rotatable bonds is 4. The first-order valence-electron chi connectivity index (χ1n) is 6.91. The molecule has 0 amide bonds. The van der Waals surface area contributed by atoms with Gasteiger partial charge in [0, 0.05) is 30.4 Å². The van der Waals surface area contributed by atoms with E-state index < -0.39 is 9.84 Å². The van der Waals surface area contributed by atoms with E-state index in [0.717, 1.165) is 12.1 Å². The zero-order valence-corrected chi connectivity index (χ0v) is 12.5. The van der Waals surface area contributed by atoms with Crippen molar-refractivity contribution in [1.29, 1.82) is 0 Å². The van der Waals surface area contributed by atoms with Crippen LogP contribution in [-0.4, -0.2) is 39.1 Å². The first kappa shape index (κ1) is 15.3. The molecule has 6 heteroatoms. The van der Waals surface area contributed by atoms with E-state index >= 15 is 0 Å². The lowest BCUT2D eigenvalue weighted by Crippen LogP contribution is -2.41. The predicted octanol–water partition coefficient (Wildman–Crippen LogP) is 1.34. The summed E-state index contributed by atoms with van der Waals surface area (Å²) < 4.78 is 37.0. The van der Waals surface area contributed by atoms with Gasteiger partial charge in [0.25, 0.3) is 0 Å². The Bertz CT molecular complexity index is 561. The van der Waals surface area contributed by atoms with Crippen molar-refractivity contribution in [3.63, 3.8) is 0 Å². The van der Waals surface area contributed by atoms with Gasteiger partial charge < -0.3 is 10.6 Å². The van der Waals surface area contributed by atoms with E-state index in [-0.39, 0.29) is 23.4 Å². The zero-order valence-electron chi connectivity index (χ0n) is 11.7. The van der Waals surface area contributed by atoms with Gasteiger partial charge in [-0.05, 0) is 25.0 Å². The van der Waals surface area contributed by atoms with Gasteiger partial charge in [0.15, 0.2) is 9.84 Å². The molecule has 1 heterocycles. The fourth-order valence-electron chi connectivity index (χ4n) is 2.41. The molecule has 0 aromatic heterocycles. The van der Waals surface area contributed by atoms with E-state index in [9.17, 15) is 12.8 Å². The average molecular weight is 300 g/mol. The maximum Gasteiger partial charge on any atom is 0.153 e. The normalized spacial score (nSPS) is 19.9. The maximum absolute atomic E-state index is 14.1. The van der Waals surface area contributed by atoms with Gasteiger partial charge in [-0.1, -0.05) is 13.0 Å². The summed E-state index contributed by atoms with van der Waals surface area (Å²) in [5.74, 6) is -0.00852. The summed E-state index contributed by atoms with van der Waals surface area (Å²) in [6.45, 7) is 2.80. The molecule has 1 aromatic carbocycles. The lowest BCUT2D eigenvalue weighted by Gasteiger charge is -2.31. The summed E-state index contributed by atoms with van der Waals surface area (Å²) >= 11 is 0. The Morgan fingerprint density at radius 1 is 1.35 bits per heavy atom. The third-order valence-electron chi connectivity index (χ3n) is 3.77.